The van der Waals surface area contributed by atoms with Gasteiger partial charge in [-0.2, -0.15) is 4.52 Å². The van der Waals surface area contributed by atoms with Gasteiger partial charge in [-0.15, -0.1) is 15.3 Å². The summed E-state index contributed by atoms with van der Waals surface area (Å²) in [5, 5.41) is 15.7. The number of amides is 1. The lowest BCUT2D eigenvalue weighted by atomic mass is 10.1. The number of aryl methyl sites for hydroxylation is 1. The van der Waals surface area contributed by atoms with Crippen LogP contribution in [-0.4, -0.2) is 25.7 Å². The van der Waals surface area contributed by atoms with Crippen molar-refractivity contribution >= 4 is 27.3 Å². The van der Waals surface area contributed by atoms with Crippen molar-refractivity contribution in [2.24, 2.45) is 0 Å². The molecular formula is C18H14FN5OS. The van der Waals surface area contributed by atoms with Crippen molar-refractivity contribution in [3.8, 4) is 11.4 Å². The highest BCUT2D eigenvalue weighted by molar-refractivity contribution is 7.20. The molecule has 1 N–H and O–H groups in total. The van der Waals surface area contributed by atoms with E-state index in [2.05, 4.69) is 20.6 Å². The number of hydrogen-bond acceptors (Lipinski definition) is 5. The van der Waals surface area contributed by atoms with Gasteiger partial charge in [-0.25, -0.2) is 4.39 Å². The number of fused-ring (bicyclic) bond motifs is 1. The summed E-state index contributed by atoms with van der Waals surface area (Å²) in [6, 6.07) is 15.8. The molecule has 4 rings (SSSR count). The number of hydrogen-bond donors (Lipinski definition) is 1. The smallest absolute Gasteiger partial charge is 0.236 e. The molecule has 0 aliphatic heterocycles. The van der Waals surface area contributed by atoms with E-state index >= 15 is 0 Å². The zero-order chi connectivity index (χ0) is 17.9. The molecule has 0 bridgehead atoms. The Morgan fingerprint density at radius 3 is 2.62 bits per heavy atom. The van der Waals surface area contributed by atoms with Gasteiger partial charge in [0.15, 0.2) is 5.82 Å². The van der Waals surface area contributed by atoms with E-state index in [-0.39, 0.29) is 11.7 Å². The van der Waals surface area contributed by atoms with Gasteiger partial charge in [0.05, 0.1) is 0 Å². The van der Waals surface area contributed by atoms with Crippen LogP contribution in [0.4, 0.5) is 9.52 Å². The molecule has 0 spiro atoms. The average Bonchev–Trinajstić information content (AvgIpc) is 3.22. The third kappa shape index (κ3) is 3.45. The predicted octanol–water partition coefficient (Wildman–Crippen LogP) is 3.56. The third-order valence-electron chi connectivity index (χ3n) is 3.82. The van der Waals surface area contributed by atoms with Gasteiger partial charge in [0.2, 0.25) is 16.0 Å². The molecule has 0 fully saturated rings. The van der Waals surface area contributed by atoms with Crippen molar-refractivity contribution in [1.82, 2.24) is 19.8 Å². The fourth-order valence-electron chi connectivity index (χ4n) is 2.53. The fourth-order valence-corrected chi connectivity index (χ4v) is 3.29. The summed E-state index contributed by atoms with van der Waals surface area (Å²) in [5.41, 5.74) is 1.81. The van der Waals surface area contributed by atoms with Gasteiger partial charge < -0.3 is 5.32 Å². The average molecular weight is 367 g/mol. The maximum atomic E-state index is 13.1. The number of aromatic nitrogens is 4. The van der Waals surface area contributed by atoms with E-state index in [9.17, 15) is 9.18 Å². The van der Waals surface area contributed by atoms with Crippen LogP contribution in [0, 0.1) is 5.82 Å². The van der Waals surface area contributed by atoms with Crippen LogP contribution in [0.15, 0.2) is 54.6 Å². The summed E-state index contributed by atoms with van der Waals surface area (Å²) in [5.74, 6) is 0.0716. The normalized spacial score (nSPS) is 11.0. The summed E-state index contributed by atoms with van der Waals surface area (Å²) in [6.07, 6.45) is 1.03. The highest BCUT2D eigenvalue weighted by Crippen LogP contribution is 2.24. The Morgan fingerprint density at radius 2 is 1.85 bits per heavy atom. The summed E-state index contributed by atoms with van der Waals surface area (Å²) in [6.45, 7) is 0. The molecule has 0 atom stereocenters. The van der Waals surface area contributed by atoms with Crippen LogP contribution < -0.4 is 5.32 Å². The third-order valence-corrected chi connectivity index (χ3v) is 4.64. The molecular weight excluding hydrogens is 353 g/mol. The summed E-state index contributed by atoms with van der Waals surface area (Å²) in [4.78, 5) is 12.7. The fraction of sp³-hybridized carbons (Fsp3) is 0.111. The molecule has 8 heteroatoms. The second-order valence-corrected chi connectivity index (χ2v) is 6.62. The second-order valence-electron chi connectivity index (χ2n) is 5.67. The lowest BCUT2D eigenvalue weighted by molar-refractivity contribution is -0.116. The van der Waals surface area contributed by atoms with Crippen molar-refractivity contribution in [2.45, 2.75) is 12.8 Å². The Bertz CT molecular complexity index is 1040. The van der Waals surface area contributed by atoms with E-state index in [1.54, 1.807) is 16.6 Å². The molecule has 2 heterocycles. The molecule has 1 amide bonds. The van der Waals surface area contributed by atoms with Crippen LogP contribution in [0.2, 0.25) is 0 Å². The van der Waals surface area contributed by atoms with Gasteiger partial charge in [0.1, 0.15) is 5.82 Å². The van der Waals surface area contributed by atoms with Crippen molar-refractivity contribution < 1.29 is 9.18 Å². The van der Waals surface area contributed by atoms with Gasteiger partial charge in [0.25, 0.3) is 0 Å². The molecule has 130 valence electrons. The number of halogens is 1. The van der Waals surface area contributed by atoms with Gasteiger partial charge in [-0.1, -0.05) is 41.7 Å². The summed E-state index contributed by atoms with van der Waals surface area (Å²) in [7, 11) is 0. The second kappa shape index (κ2) is 7.01. The molecule has 6 nitrogen and oxygen atoms in total. The number of carbonyl (C=O) groups is 1. The van der Waals surface area contributed by atoms with Crippen LogP contribution >= 0.6 is 11.3 Å². The summed E-state index contributed by atoms with van der Waals surface area (Å²) < 4.78 is 14.6. The Balaban J connectivity index is 1.47. The maximum Gasteiger partial charge on any atom is 0.236 e. The van der Waals surface area contributed by atoms with Crippen LogP contribution in [0.25, 0.3) is 16.3 Å². The van der Waals surface area contributed by atoms with Crippen LogP contribution in [-0.2, 0) is 11.2 Å². The maximum absolute atomic E-state index is 13.1. The van der Waals surface area contributed by atoms with Crippen LogP contribution in [0.1, 0.15) is 12.0 Å². The van der Waals surface area contributed by atoms with Crippen molar-refractivity contribution in [3.05, 3.63) is 66.0 Å². The zero-order valence-electron chi connectivity index (χ0n) is 13.6. The highest BCUT2D eigenvalue weighted by atomic mass is 32.1. The van der Waals surface area contributed by atoms with E-state index in [4.69, 9.17) is 0 Å². The molecule has 0 radical (unpaired) electrons. The summed E-state index contributed by atoms with van der Waals surface area (Å²) >= 11 is 1.24. The van der Waals surface area contributed by atoms with Crippen LogP contribution in [0.3, 0.4) is 0 Å². The van der Waals surface area contributed by atoms with E-state index in [0.29, 0.717) is 34.3 Å². The van der Waals surface area contributed by atoms with E-state index in [0.717, 1.165) is 5.56 Å². The number of nitrogens with zero attached hydrogens (tertiary/aromatic N) is 4. The molecule has 4 aromatic rings. The first-order chi connectivity index (χ1) is 12.7. The molecule has 0 aliphatic rings. The van der Waals surface area contributed by atoms with Gasteiger partial charge in [-0.3, -0.25) is 4.79 Å². The molecule has 0 saturated heterocycles. The van der Waals surface area contributed by atoms with Gasteiger partial charge in [-0.05, 0) is 36.2 Å². The lowest BCUT2D eigenvalue weighted by Crippen LogP contribution is -2.12. The first-order valence-corrected chi connectivity index (χ1v) is 8.83. The number of anilines is 1. The number of rotatable bonds is 5. The minimum absolute atomic E-state index is 0.109. The first kappa shape index (κ1) is 16.3. The SMILES string of the molecule is O=C(CCc1ccccc1)Nc1nn2c(-c3ccc(F)cc3)nnc2s1. The Hall–Kier alpha value is -3.13. The van der Waals surface area contributed by atoms with Crippen LogP contribution in [0.5, 0.6) is 0 Å². The first-order valence-electron chi connectivity index (χ1n) is 8.01. The number of nitrogens with one attached hydrogen (secondary N) is 1. The van der Waals surface area contributed by atoms with Crippen molar-refractivity contribution in [2.75, 3.05) is 5.32 Å². The van der Waals surface area contributed by atoms with Crippen molar-refractivity contribution in [1.29, 1.82) is 0 Å². The van der Waals surface area contributed by atoms with E-state index in [1.165, 1.54) is 23.5 Å². The largest absolute Gasteiger partial charge is 0.301 e. The minimum Gasteiger partial charge on any atom is -0.301 e. The quantitative estimate of drug-likeness (QED) is 0.585. The standard InChI is InChI=1S/C18H14FN5OS/c19-14-9-7-13(8-10-14)16-21-22-18-24(16)23-17(26-18)20-15(25)11-6-12-4-2-1-3-5-12/h1-5,7-10H,6,11H2,(H,20,23,25). The Kier molecular flexibility index (Phi) is 4.40. The lowest BCUT2D eigenvalue weighted by Gasteiger charge is -2.01. The molecule has 2 aromatic heterocycles. The van der Waals surface area contributed by atoms with Gasteiger partial charge >= 0.3 is 0 Å². The number of benzene rings is 2. The van der Waals surface area contributed by atoms with E-state index in [1.807, 2.05) is 30.3 Å². The van der Waals surface area contributed by atoms with E-state index < -0.39 is 0 Å². The molecule has 0 saturated carbocycles. The van der Waals surface area contributed by atoms with Crippen molar-refractivity contribution in [3.63, 3.8) is 0 Å². The highest BCUT2D eigenvalue weighted by Gasteiger charge is 2.15. The Labute approximate surface area is 152 Å². The Morgan fingerprint density at radius 1 is 1.08 bits per heavy atom. The molecule has 0 unspecified atom stereocenters. The topological polar surface area (TPSA) is 72.2 Å². The molecule has 0 aliphatic carbocycles. The predicted molar refractivity (Wildman–Crippen MR) is 97.4 cm³/mol. The number of carbonyl (C=O) groups excluding carboxylic acids is 1. The van der Waals surface area contributed by atoms with Gasteiger partial charge in [0, 0.05) is 12.0 Å². The monoisotopic (exact) mass is 367 g/mol. The zero-order valence-corrected chi connectivity index (χ0v) is 14.4. The molecule has 2 aromatic carbocycles. The molecule has 26 heavy (non-hydrogen) atoms. The minimum atomic E-state index is -0.320.